The van der Waals surface area contributed by atoms with E-state index >= 15 is 4.39 Å². The number of β-amino-alcohol motifs (C(OH)–C–C–N with tert-alkyl or cyclic N) is 1. The highest BCUT2D eigenvalue weighted by Crippen LogP contribution is 2.37. The van der Waals surface area contributed by atoms with Crippen LogP contribution < -0.4 is 10.8 Å². The molecule has 2 saturated heterocycles. The van der Waals surface area contributed by atoms with Gasteiger partial charge >= 0.3 is 5.97 Å². The summed E-state index contributed by atoms with van der Waals surface area (Å²) in [7, 11) is 0. The molecule has 6 heterocycles. The molecule has 2 fully saturated rings. The van der Waals surface area contributed by atoms with E-state index in [9.17, 15) is 15.0 Å². The van der Waals surface area contributed by atoms with E-state index in [1.807, 2.05) is 54.4 Å². The van der Waals surface area contributed by atoms with Gasteiger partial charge in [0, 0.05) is 74.5 Å². The van der Waals surface area contributed by atoms with Crippen LogP contribution in [0.4, 0.5) is 15.9 Å². The molecule has 0 bridgehead atoms. The quantitative estimate of drug-likeness (QED) is 0.136. The van der Waals surface area contributed by atoms with Crippen molar-refractivity contribution in [3.8, 4) is 22.6 Å². The number of hydrogen-bond acceptors (Lipinski definition) is 10. The molecule has 272 valence electrons. The number of carboxylic acids is 1. The molecule has 2 aliphatic rings. The van der Waals surface area contributed by atoms with Crippen LogP contribution in [0.1, 0.15) is 29.5 Å². The van der Waals surface area contributed by atoms with Crippen LogP contribution in [-0.2, 0) is 17.9 Å². The Balaban J connectivity index is 1.05. The van der Waals surface area contributed by atoms with Crippen molar-refractivity contribution in [2.24, 2.45) is 5.92 Å². The van der Waals surface area contributed by atoms with Gasteiger partial charge in [-0.05, 0) is 85.3 Å². The largest absolute Gasteiger partial charge is 0.481 e. The Morgan fingerprint density at radius 2 is 1.75 bits per heavy atom. The number of oxazole rings is 1. The van der Waals surface area contributed by atoms with E-state index in [1.54, 1.807) is 6.20 Å². The molecule has 4 aromatic heterocycles. The zero-order valence-electron chi connectivity index (χ0n) is 29.6. The lowest BCUT2D eigenvalue weighted by Crippen LogP contribution is -2.30. The minimum absolute atomic E-state index is 0.0352. The van der Waals surface area contributed by atoms with Gasteiger partial charge in [0.1, 0.15) is 5.52 Å². The zero-order chi connectivity index (χ0) is 36.8. The number of likely N-dealkylation sites (tertiary alicyclic amines) is 2. The molecular formula is C40H41FN8O4. The fourth-order valence-electron chi connectivity index (χ4n) is 7.66. The second kappa shape index (κ2) is 14.1. The highest BCUT2D eigenvalue weighted by atomic mass is 19.1. The maximum absolute atomic E-state index is 15.4. The van der Waals surface area contributed by atoms with Gasteiger partial charge < -0.3 is 29.4 Å². The number of aliphatic hydroxyl groups is 1. The number of benzene rings is 2. The Bertz CT molecular complexity index is 2430. The van der Waals surface area contributed by atoms with Gasteiger partial charge in [0.25, 0.3) is 0 Å². The van der Waals surface area contributed by atoms with E-state index in [2.05, 4.69) is 39.2 Å². The number of nitrogens with zero attached hydrogens (tertiary/aromatic N) is 6. The van der Waals surface area contributed by atoms with Gasteiger partial charge in [-0.3, -0.25) is 20.1 Å². The number of fused-ring (bicyclic) bond motifs is 2. The summed E-state index contributed by atoms with van der Waals surface area (Å²) in [4.78, 5) is 29.7. The molecular weight excluding hydrogens is 675 g/mol. The van der Waals surface area contributed by atoms with Crippen LogP contribution in [0.5, 0.6) is 0 Å². The Kier molecular flexibility index (Phi) is 9.23. The Morgan fingerprint density at radius 1 is 0.981 bits per heavy atom. The van der Waals surface area contributed by atoms with Crippen LogP contribution in [0.15, 0.2) is 71.5 Å². The first-order valence-electron chi connectivity index (χ1n) is 17.9. The molecule has 53 heavy (non-hydrogen) atoms. The van der Waals surface area contributed by atoms with E-state index in [1.165, 1.54) is 10.8 Å². The van der Waals surface area contributed by atoms with Gasteiger partial charge in [0.15, 0.2) is 28.2 Å². The van der Waals surface area contributed by atoms with E-state index in [0.717, 1.165) is 63.9 Å². The Hall–Kier alpha value is -5.50. The summed E-state index contributed by atoms with van der Waals surface area (Å²) in [5, 5.41) is 32.6. The van der Waals surface area contributed by atoms with Crippen molar-refractivity contribution in [3.63, 3.8) is 0 Å². The zero-order valence-corrected chi connectivity index (χ0v) is 29.6. The summed E-state index contributed by atoms with van der Waals surface area (Å²) < 4.78 is 22.9. The van der Waals surface area contributed by atoms with Crippen molar-refractivity contribution in [1.29, 1.82) is 5.41 Å². The molecule has 0 aliphatic carbocycles. The minimum atomic E-state index is -0.802. The lowest BCUT2D eigenvalue weighted by atomic mass is 9.93. The molecule has 13 heteroatoms. The second-order valence-electron chi connectivity index (χ2n) is 14.2. The van der Waals surface area contributed by atoms with Gasteiger partial charge in [-0.2, -0.15) is 0 Å². The number of rotatable bonds is 10. The van der Waals surface area contributed by atoms with E-state index in [0.29, 0.717) is 50.5 Å². The molecule has 0 radical (unpaired) electrons. The van der Waals surface area contributed by atoms with Gasteiger partial charge in [-0.1, -0.05) is 24.3 Å². The third-order valence-electron chi connectivity index (χ3n) is 10.7. The number of aliphatic carboxylic acids is 1. The van der Waals surface area contributed by atoms with Crippen molar-refractivity contribution < 1.29 is 23.8 Å². The maximum atomic E-state index is 15.4. The normalized spacial score (nSPS) is 18.0. The van der Waals surface area contributed by atoms with Crippen molar-refractivity contribution in [1.82, 2.24) is 29.3 Å². The number of anilines is 2. The van der Waals surface area contributed by atoms with Crippen LogP contribution in [0, 0.1) is 31.0 Å². The number of aromatic nitrogens is 4. The van der Waals surface area contributed by atoms with E-state index in [-0.39, 0.29) is 28.6 Å². The monoisotopic (exact) mass is 716 g/mol. The van der Waals surface area contributed by atoms with Crippen molar-refractivity contribution in [2.45, 2.75) is 45.9 Å². The van der Waals surface area contributed by atoms with Gasteiger partial charge in [0.2, 0.25) is 5.89 Å². The Labute approximate surface area is 305 Å². The van der Waals surface area contributed by atoms with Crippen LogP contribution in [0.25, 0.3) is 44.6 Å². The van der Waals surface area contributed by atoms with Crippen molar-refractivity contribution >= 4 is 39.5 Å². The first-order chi connectivity index (χ1) is 25.6. The third-order valence-corrected chi connectivity index (χ3v) is 10.7. The molecule has 0 saturated carbocycles. The number of hydrogen-bond donors (Lipinski definition) is 4. The van der Waals surface area contributed by atoms with Crippen molar-refractivity contribution in [2.75, 3.05) is 38.0 Å². The lowest BCUT2D eigenvalue weighted by Gasteiger charge is -2.17. The van der Waals surface area contributed by atoms with E-state index < -0.39 is 17.7 Å². The number of carboxylic acid groups (broad SMARTS) is 1. The summed E-state index contributed by atoms with van der Waals surface area (Å²) in [6.07, 6.45) is 6.03. The minimum Gasteiger partial charge on any atom is -0.481 e. The number of nitrogens with one attached hydrogen (secondary N) is 2. The molecule has 8 rings (SSSR count). The third kappa shape index (κ3) is 6.78. The average Bonchev–Trinajstić information content (AvgIpc) is 3.91. The van der Waals surface area contributed by atoms with Crippen LogP contribution in [-0.4, -0.2) is 84.3 Å². The average molecular weight is 717 g/mol. The molecule has 4 N–H and O–H groups in total. The number of pyridine rings is 3. The van der Waals surface area contributed by atoms with E-state index in [4.69, 9.17) is 14.8 Å². The standard InChI is InChI=1S/C40H41FN8O4/c1-23-29(5-3-7-31(23)39-46-35-36(53-39)32(41)22-49(37(35)42)16-15-47-13-10-27(20-47)40(51)52)30-6-4-8-33(24(30)2)45-38-34-26(9-12-43-38)17-25(18-44-34)19-48-14-11-28(50)21-48/h3-9,12,17-18,22,27-28,42,50H,10-11,13-16,19-21H2,1-2H3,(H,43,45)(H,51,52)/t27-,28-/m1/s1. The van der Waals surface area contributed by atoms with Gasteiger partial charge in [-0.25, -0.2) is 14.4 Å². The first-order valence-corrected chi connectivity index (χ1v) is 17.9. The maximum Gasteiger partial charge on any atom is 0.307 e. The molecule has 0 unspecified atom stereocenters. The predicted molar refractivity (Wildman–Crippen MR) is 199 cm³/mol. The number of halogens is 1. The molecule has 12 nitrogen and oxygen atoms in total. The highest BCUT2D eigenvalue weighted by molar-refractivity contribution is 5.91. The summed E-state index contributed by atoms with van der Waals surface area (Å²) in [5.41, 5.74) is 7.37. The molecule has 2 aromatic carbocycles. The van der Waals surface area contributed by atoms with Gasteiger partial charge in [-0.15, -0.1) is 0 Å². The number of carbonyl (C=O) groups is 1. The molecule has 0 amide bonds. The van der Waals surface area contributed by atoms with Crippen LogP contribution in [0.3, 0.4) is 0 Å². The van der Waals surface area contributed by atoms with Crippen LogP contribution in [0.2, 0.25) is 0 Å². The smallest absolute Gasteiger partial charge is 0.307 e. The molecule has 2 aliphatic heterocycles. The number of aliphatic hydroxyl groups excluding tert-OH is 1. The fraction of sp³-hybridized carbons (Fsp3) is 0.325. The fourth-order valence-corrected chi connectivity index (χ4v) is 7.66. The Morgan fingerprint density at radius 3 is 2.53 bits per heavy atom. The van der Waals surface area contributed by atoms with Crippen molar-refractivity contribution in [3.05, 3.63) is 95.1 Å². The molecule has 0 spiro atoms. The predicted octanol–water partition coefficient (Wildman–Crippen LogP) is 5.86. The summed E-state index contributed by atoms with van der Waals surface area (Å²) in [6, 6.07) is 16.0. The second-order valence-corrected chi connectivity index (χ2v) is 14.2. The SMILES string of the molecule is Cc1c(Nc2nccc3cc(CN4CC[C@@H](O)C4)cnc23)cccc1-c1cccc(-c2nc3c(=N)n(CCN4CC[C@@H](C(=O)O)C4)cc(F)c3o2)c1C. The summed E-state index contributed by atoms with van der Waals surface area (Å²) >= 11 is 0. The molecule has 2 atom stereocenters. The first kappa shape index (κ1) is 34.6. The van der Waals surface area contributed by atoms with Gasteiger partial charge in [0.05, 0.1) is 12.0 Å². The van der Waals surface area contributed by atoms with Crippen LogP contribution >= 0.6 is 0 Å². The molecule has 6 aromatic rings. The summed E-state index contributed by atoms with van der Waals surface area (Å²) in [6.45, 7) is 8.26. The highest BCUT2D eigenvalue weighted by Gasteiger charge is 2.28. The topological polar surface area (TPSA) is 157 Å². The summed E-state index contributed by atoms with van der Waals surface area (Å²) in [5.74, 6) is -0.930. The lowest BCUT2D eigenvalue weighted by molar-refractivity contribution is -0.141.